The number of halogens is 1. The Morgan fingerprint density at radius 2 is 2.29 bits per heavy atom. The molecule has 0 aliphatic carbocycles. The van der Waals surface area contributed by atoms with E-state index in [0.717, 1.165) is 28.5 Å². The second kappa shape index (κ2) is 5.67. The highest BCUT2D eigenvalue weighted by Crippen LogP contribution is 2.20. The molecule has 1 saturated heterocycles. The molecule has 1 heterocycles. The fourth-order valence-corrected chi connectivity index (χ4v) is 2.83. The first-order valence-electron chi connectivity index (χ1n) is 5.88. The number of carbonyl (C=O) groups is 1. The average molecular weight is 341 g/mol. The summed E-state index contributed by atoms with van der Waals surface area (Å²) in [4.78, 5) is 14.2. The van der Waals surface area contributed by atoms with Crippen LogP contribution in [0.1, 0.15) is 18.4 Å². The lowest BCUT2D eigenvalue weighted by Gasteiger charge is -2.22. The quantitative estimate of drug-likeness (QED) is 0.611. The first kappa shape index (κ1) is 12.6. The Kier molecular flexibility index (Phi) is 4.20. The molecule has 0 spiro atoms. The number of carbonyl (C=O) groups excluding carboxylic acids is 1. The highest BCUT2D eigenvalue weighted by atomic mass is 127. The van der Waals surface area contributed by atoms with Gasteiger partial charge in [0.15, 0.2) is 0 Å². The lowest BCUT2D eigenvalue weighted by molar-refractivity contribution is -0.130. The minimum atomic E-state index is 0.219. The second-order valence-corrected chi connectivity index (χ2v) is 5.46. The summed E-state index contributed by atoms with van der Waals surface area (Å²) in [5.74, 6) is 0.219. The molecule has 1 fully saturated rings. The molecule has 2 rings (SSSR count). The summed E-state index contributed by atoms with van der Waals surface area (Å²) in [5.41, 5.74) is 1.12. The Balaban J connectivity index is 2.07. The first-order valence-corrected chi connectivity index (χ1v) is 6.95. The summed E-state index contributed by atoms with van der Waals surface area (Å²) in [6.45, 7) is 4.68. The van der Waals surface area contributed by atoms with Crippen LogP contribution in [-0.2, 0) is 11.2 Å². The van der Waals surface area contributed by atoms with E-state index in [9.17, 15) is 4.79 Å². The van der Waals surface area contributed by atoms with Gasteiger partial charge in [-0.2, -0.15) is 0 Å². The molecule has 1 aromatic rings. The van der Waals surface area contributed by atoms with Gasteiger partial charge in [0.25, 0.3) is 0 Å². The molecule has 0 radical (unpaired) electrons. The number of amides is 1. The largest absolute Gasteiger partial charge is 0.336 e. The van der Waals surface area contributed by atoms with E-state index in [1.807, 2.05) is 35.2 Å². The fraction of sp³-hybridized carbons (Fsp3) is 0.357. The predicted molar refractivity (Wildman–Crippen MR) is 77.8 cm³/mol. The first-order chi connectivity index (χ1) is 8.22. The second-order valence-electron chi connectivity index (χ2n) is 4.30. The zero-order chi connectivity index (χ0) is 12.3. The minimum Gasteiger partial charge on any atom is -0.336 e. The molecule has 1 aliphatic rings. The topological polar surface area (TPSA) is 20.3 Å². The van der Waals surface area contributed by atoms with Crippen molar-refractivity contribution in [3.05, 3.63) is 46.1 Å². The number of hydrogen-bond donors (Lipinski definition) is 0. The van der Waals surface area contributed by atoms with Gasteiger partial charge in [-0.3, -0.25) is 4.79 Å². The average Bonchev–Trinajstić information content (AvgIpc) is 2.80. The van der Waals surface area contributed by atoms with Crippen molar-refractivity contribution in [1.29, 1.82) is 0 Å². The third kappa shape index (κ3) is 2.89. The van der Waals surface area contributed by atoms with Gasteiger partial charge in [-0.25, -0.2) is 0 Å². The highest BCUT2D eigenvalue weighted by Gasteiger charge is 2.26. The van der Waals surface area contributed by atoms with E-state index in [0.29, 0.717) is 6.42 Å². The minimum absolute atomic E-state index is 0.219. The molecule has 0 N–H and O–H groups in total. The monoisotopic (exact) mass is 341 g/mol. The summed E-state index contributed by atoms with van der Waals surface area (Å²) >= 11 is 2.28. The van der Waals surface area contributed by atoms with Crippen LogP contribution in [-0.4, -0.2) is 23.4 Å². The Bertz CT molecular complexity index is 430. The Morgan fingerprint density at radius 3 is 3.00 bits per heavy atom. The van der Waals surface area contributed by atoms with Crippen LogP contribution in [0.5, 0.6) is 0 Å². The van der Waals surface area contributed by atoms with Gasteiger partial charge in [-0.15, -0.1) is 6.58 Å². The molecule has 0 aromatic heterocycles. The number of rotatable bonds is 3. The Hall–Kier alpha value is -0.840. The predicted octanol–water partition coefficient (Wildman–Crippen LogP) is 3.01. The molecule has 0 bridgehead atoms. The number of benzene rings is 1. The summed E-state index contributed by atoms with van der Waals surface area (Å²) in [7, 11) is 0. The van der Waals surface area contributed by atoms with E-state index in [4.69, 9.17) is 0 Å². The van der Waals surface area contributed by atoms with Crippen LogP contribution in [0.25, 0.3) is 0 Å². The summed E-state index contributed by atoms with van der Waals surface area (Å²) in [6, 6.07) is 8.29. The molecule has 2 nitrogen and oxygen atoms in total. The molecule has 17 heavy (non-hydrogen) atoms. The van der Waals surface area contributed by atoms with Gasteiger partial charge in [0.1, 0.15) is 0 Å². The summed E-state index contributed by atoms with van der Waals surface area (Å²) in [5, 5.41) is 0. The number of nitrogens with zero attached hydrogens (tertiary/aromatic N) is 1. The lowest BCUT2D eigenvalue weighted by Crippen LogP contribution is -2.35. The van der Waals surface area contributed by atoms with Crippen molar-refractivity contribution in [2.24, 2.45) is 0 Å². The number of hydrogen-bond acceptors (Lipinski definition) is 1. The highest BCUT2D eigenvalue weighted by molar-refractivity contribution is 14.1. The maximum absolute atomic E-state index is 12.2. The molecule has 0 unspecified atom stereocenters. The van der Waals surface area contributed by atoms with Gasteiger partial charge in [0.2, 0.25) is 5.91 Å². The van der Waals surface area contributed by atoms with Crippen LogP contribution in [0, 0.1) is 3.57 Å². The molecule has 1 atom stereocenters. The van der Waals surface area contributed by atoms with Crippen LogP contribution >= 0.6 is 22.6 Å². The number of likely N-dealkylation sites (tertiary alicyclic amines) is 1. The zero-order valence-electron chi connectivity index (χ0n) is 9.73. The van der Waals surface area contributed by atoms with Crippen LogP contribution < -0.4 is 0 Å². The summed E-state index contributed by atoms with van der Waals surface area (Å²) < 4.78 is 1.16. The molecule has 0 saturated carbocycles. The van der Waals surface area contributed by atoms with Gasteiger partial charge in [-0.1, -0.05) is 24.3 Å². The maximum atomic E-state index is 12.2. The fourth-order valence-electron chi connectivity index (χ4n) is 2.25. The van der Waals surface area contributed by atoms with Gasteiger partial charge < -0.3 is 4.90 Å². The molecule has 90 valence electrons. The van der Waals surface area contributed by atoms with E-state index in [1.54, 1.807) is 0 Å². The molecule has 1 amide bonds. The van der Waals surface area contributed by atoms with Crippen molar-refractivity contribution < 1.29 is 4.79 Å². The van der Waals surface area contributed by atoms with Crippen molar-refractivity contribution in [2.45, 2.75) is 25.3 Å². The van der Waals surface area contributed by atoms with Crippen LogP contribution in [0.15, 0.2) is 36.9 Å². The van der Waals surface area contributed by atoms with Crippen LogP contribution in [0.3, 0.4) is 0 Å². The van der Waals surface area contributed by atoms with Crippen molar-refractivity contribution in [2.75, 3.05) is 6.54 Å². The molecule has 3 heteroatoms. The van der Waals surface area contributed by atoms with Crippen molar-refractivity contribution in [3.8, 4) is 0 Å². The van der Waals surface area contributed by atoms with Crippen molar-refractivity contribution >= 4 is 28.5 Å². The zero-order valence-corrected chi connectivity index (χ0v) is 11.9. The molecule has 1 aliphatic heterocycles. The van der Waals surface area contributed by atoms with Gasteiger partial charge in [0, 0.05) is 16.2 Å². The molecular formula is C14H16INO. The van der Waals surface area contributed by atoms with Gasteiger partial charge >= 0.3 is 0 Å². The lowest BCUT2D eigenvalue weighted by atomic mass is 10.1. The molecular weight excluding hydrogens is 325 g/mol. The van der Waals surface area contributed by atoms with E-state index < -0.39 is 0 Å². The Morgan fingerprint density at radius 1 is 1.53 bits per heavy atom. The standard InChI is InChI=1S/C14H16INO/c1-2-12-7-5-9-16(12)14(17)10-11-6-3-4-8-13(11)15/h2-4,6,8,12H,1,5,7,9-10H2/t12-/m1/s1. The third-order valence-electron chi connectivity index (χ3n) is 3.19. The maximum Gasteiger partial charge on any atom is 0.227 e. The van der Waals surface area contributed by atoms with Crippen LogP contribution in [0.2, 0.25) is 0 Å². The van der Waals surface area contributed by atoms with Gasteiger partial charge in [0.05, 0.1) is 6.42 Å². The van der Waals surface area contributed by atoms with E-state index >= 15 is 0 Å². The van der Waals surface area contributed by atoms with E-state index in [1.165, 1.54) is 0 Å². The summed E-state index contributed by atoms with van der Waals surface area (Å²) in [6.07, 6.45) is 4.54. The van der Waals surface area contributed by atoms with Crippen molar-refractivity contribution in [3.63, 3.8) is 0 Å². The SMILES string of the molecule is C=C[C@@H]1CCCN1C(=O)Cc1ccccc1I. The molecule has 1 aromatic carbocycles. The Labute approximate surface area is 116 Å². The normalized spacial score (nSPS) is 19.4. The van der Waals surface area contributed by atoms with E-state index in [2.05, 4.69) is 29.2 Å². The third-order valence-corrected chi connectivity index (χ3v) is 4.24. The van der Waals surface area contributed by atoms with E-state index in [-0.39, 0.29) is 11.9 Å². The van der Waals surface area contributed by atoms with Crippen molar-refractivity contribution in [1.82, 2.24) is 4.90 Å². The van der Waals surface area contributed by atoms with Gasteiger partial charge in [-0.05, 0) is 47.1 Å². The smallest absolute Gasteiger partial charge is 0.227 e. The van der Waals surface area contributed by atoms with Crippen LogP contribution in [0.4, 0.5) is 0 Å².